The molecule has 1 aliphatic carbocycles. The molecule has 5 rings (SSSR count). The SMILES string of the molecule is CC(C)(C)OC(=O)N1CCC[C@H]1c1cc(-c2cnc(N)c(-c3ccnc(F)c3)c2)ccc1C1CCC(F)(F)CC1. The number of carbonyl (C=O) groups is 1. The number of pyridine rings is 2. The van der Waals surface area contributed by atoms with E-state index in [0.717, 1.165) is 35.1 Å². The molecule has 212 valence electrons. The number of hydrogen-bond acceptors (Lipinski definition) is 5. The quantitative estimate of drug-likeness (QED) is 0.333. The van der Waals surface area contributed by atoms with Crippen molar-refractivity contribution < 1.29 is 22.7 Å². The van der Waals surface area contributed by atoms with Crippen LogP contribution in [0.15, 0.2) is 48.8 Å². The Bertz CT molecular complexity index is 1400. The highest BCUT2D eigenvalue weighted by Crippen LogP contribution is 2.46. The Labute approximate surface area is 232 Å². The molecule has 0 unspecified atom stereocenters. The monoisotopic (exact) mass is 552 g/mol. The number of nitrogen functional groups attached to an aromatic ring is 1. The molecule has 2 aliphatic rings. The number of nitrogens with zero attached hydrogens (tertiary/aromatic N) is 3. The summed E-state index contributed by atoms with van der Waals surface area (Å²) in [7, 11) is 0. The van der Waals surface area contributed by atoms with Crippen LogP contribution in [0.5, 0.6) is 0 Å². The third kappa shape index (κ3) is 6.08. The molecule has 40 heavy (non-hydrogen) atoms. The first-order valence-corrected chi connectivity index (χ1v) is 13.8. The number of ether oxygens (including phenoxy) is 1. The third-order valence-corrected chi connectivity index (χ3v) is 7.77. The maximum Gasteiger partial charge on any atom is 0.410 e. The van der Waals surface area contributed by atoms with Gasteiger partial charge in [0.1, 0.15) is 11.4 Å². The van der Waals surface area contributed by atoms with Gasteiger partial charge in [0.05, 0.1) is 6.04 Å². The smallest absolute Gasteiger partial charge is 0.410 e. The van der Waals surface area contributed by atoms with Crippen LogP contribution in [0, 0.1) is 5.95 Å². The average molecular weight is 553 g/mol. The van der Waals surface area contributed by atoms with Gasteiger partial charge in [0.15, 0.2) is 0 Å². The summed E-state index contributed by atoms with van der Waals surface area (Å²) in [6.07, 6.45) is 4.72. The molecule has 1 aromatic carbocycles. The summed E-state index contributed by atoms with van der Waals surface area (Å²) in [6, 6.07) is 10.6. The fraction of sp³-hybridized carbons (Fsp3) is 0.452. The number of benzene rings is 1. The van der Waals surface area contributed by atoms with Gasteiger partial charge < -0.3 is 15.4 Å². The van der Waals surface area contributed by atoms with E-state index in [1.54, 1.807) is 17.2 Å². The Hall–Kier alpha value is -3.62. The second-order valence-corrected chi connectivity index (χ2v) is 11.8. The van der Waals surface area contributed by atoms with Crippen LogP contribution in [-0.2, 0) is 4.74 Å². The Kier molecular flexibility index (Phi) is 7.50. The number of rotatable bonds is 4. The number of amides is 1. The van der Waals surface area contributed by atoms with Crippen LogP contribution in [0.2, 0.25) is 0 Å². The highest BCUT2D eigenvalue weighted by molar-refractivity contribution is 5.79. The summed E-state index contributed by atoms with van der Waals surface area (Å²) in [6.45, 7) is 6.08. The highest BCUT2D eigenvalue weighted by atomic mass is 19.3. The van der Waals surface area contributed by atoms with Gasteiger partial charge in [-0.3, -0.25) is 0 Å². The van der Waals surface area contributed by atoms with E-state index in [1.165, 1.54) is 12.3 Å². The largest absolute Gasteiger partial charge is 0.444 e. The summed E-state index contributed by atoms with van der Waals surface area (Å²) in [5.74, 6) is -3.01. The van der Waals surface area contributed by atoms with Crippen molar-refractivity contribution in [1.82, 2.24) is 14.9 Å². The predicted octanol–water partition coefficient (Wildman–Crippen LogP) is 7.90. The first-order valence-electron chi connectivity index (χ1n) is 13.8. The number of alkyl halides is 2. The molecule has 0 radical (unpaired) electrons. The third-order valence-electron chi connectivity index (χ3n) is 7.77. The fourth-order valence-corrected chi connectivity index (χ4v) is 5.83. The molecule has 1 atom stereocenters. The van der Waals surface area contributed by atoms with E-state index >= 15 is 0 Å². The van der Waals surface area contributed by atoms with Crippen molar-refractivity contribution in [2.75, 3.05) is 12.3 Å². The second-order valence-electron chi connectivity index (χ2n) is 11.8. The maximum absolute atomic E-state index is 14.0. The molecule has 2 aromatic heterocycles. The molecule has 3 aromatic rings. The minimum absolute atomic E-state index is 0.0235. The molecule has 2 N–H and O–H groups in total. The van der Waals surface area contributed by atoms with Crippen molar-refractivity contribution in [3.8, 4) is 22.3 Å². The lowest BCUT2D eigenvalue weighted by Crippen LogP contribution is -2.36. The molecule has 6 nitrogen and oxygen atoms in total. The lowest BCUT2D eigenvalue weighted by atomic mass is 9.78. The summed E-state index contributed by atoms with van der Waals surface area (Å²) in [5, 5.41) is 0. The number of anilines is 1. The number of carbonyl (C=O) groups excluding carboxylic acids is 1. The van der Waals surface area contributed by atoms with Crippen LogP contribution in [0.3, 0.4) is 0 Å². The Morgan fingerprint density at radius 1 is 1.00 bits per heavy atom. The van der Waals surface area contributed by atoms with Crippen molar-refractivity contribution in [3.05, 3.63) is 65.9 Å². The lowest BCUT2D eigenvalue weighted by molar-refractivity contribution is -0.0383. The number of nitrogens with two attached hydrogens (primary N) is 1. The molecule has 1 saturated heterocycles. The first-order chi connectivity index (χ1) is 18.9. The van der Waals surface area contributed by atoms with Gasteiger partial charge in [0, 0.05) is 49.0 Å². The molecule has 2 fully saturated rings. The van der Waals surface area contributed by atoms with Crippen molar-refractivity contribution in [1.29, 1.82) is 0 Å². The lowest BCUT2D eigenvalue weighted by Gasteiger charge is -2.33. The zero-order valence-corrected chi connectivity index (χ0v) is 23.1. The Morgan fingerprint density at radius 3 is 2.45 bits per heavy atom. The van der Waals surface area contributed by atoms with E-state index in [9.17, 15) is 18.0 Å². The number of hydrogen-bond donors (Lipinski definition) is 1. The van der Waals surface area contributed by atoms with Crippen LogP contribution < -0.4 is 5.73 Å². The molecule has 9 heteroatoms. The van der Waals surface area contributed by atoms with Gasteiger partial charge in [-0.05, 0) is 92.8 Å². The molecule has 1 saturated carbocycles. The molecular weight excluding hydrogens is 517 g/mol. The standard InChI is InChI=1S/C31H35F3N4O2/c1-30(2,3)40-29(39)38-14-4-5-26(38)25-15-20(6-7-23(25)19-8-11-31(33,34)12-9-19)22-16-24(28(35)37-18-22)21-10-13-36-27(32)17-21/h6-7,10,13,15-19,26H,4-5,8-9,11-12,14H2,1-3H3,(H2,35,37)/t26-/m0/s1. The van der Waals surface area contributed by atoms with E-state index in [1.807, 2.05) is 45.0 Å². The van der Waals surface area contributed by atoms with Crippen LogP contribution in [0.25, 0.3) is 22.3 Å². The molecule has 3 heterocycles. The predicted molar refractivity (Wildman–Crippen MR) is 148 cm³/mol. The van der Waals surface area contributed by atoms with Crippen molar-refractivity contribution in [2.24, 2.45) is 0 Å². The van der Waals surface area contributed by atoms with Crippen LogP contribution in [-0.4, -0.2) is 39.0 Å². The van der Waals surface area contributed by atoms with Crippen molar-refractivity contribution in [2.45, 2.75) is 82.8 Å². The van der Waals surface area contributed by atoms with E-state index in [2.05, 4.69) is 9.97 Å². The molecule has 0 spiro atoms. The number of halogens is 3. The van der Waals surface area contributed by atoms with Crippen LogP contribution >= 0.6 is 0 Å². The molecule has 1 aliphatic heterocycles. The topological polar surface area (TPSA) is 81.3 Å². The molecule has 1 amide bonds. The van der Waals surface area contributed by atoms with Crippen molar-refractivity contribution >= 4 is 11.9 Å². The van der Waals surface area contributed by atoms with E-state index in [0.29, 0.717) is 30.5 Å². The van der Waals surface area contributed by atoms with Crippen LogP contribution in [0.4, 0.5) is 23.8 Å². The zero-order chi connectivity index (χ0) is 28.7. The summed E-state index contributed by atoms with van der Waals surface area (Å²) in [5.41, 5.74) is 10.2. The number of aromatic nitrogens is 2. The van der Waals surface area contributed by atoms with Gasteiger partial charge in [-0.1, -0.05) is 12.1 Å². The summed E-state index contributed by atoms with van der Waals surface area (Å²) >= 11 is 0. The van der Waals surface area contributed by atoms with Crippen LogP contribution in [0.1, 0.15) is 82.4 Å². The fourth-order valence-electron chi connectivity index (χ4n) is 5.83. The normalized spacial score (nSPS) is 19.6. The Morgan fingerprint density at radius 2 is 1.75 bits per heavy atom. The van der Waals surface area contributed by atoms with E-state index in [4.69, 9.17) is 10.5 Å². The molecular formula is C31H35F3N4O2. The number of likely N-dealkylation sites (tertiary alicyclic amines) is 1. The maximum atomic E-state index is 14.0. The zero-order valence-electron chi connectivity index (χ0n) is 23.1. The van der Waals surface area contributed by atoms with E-state index < -0.39 is 17.5 Å². The van der Waals surface area contributed by atoms with Crippen molar-refractivity contribution in [3.63, 3.8) is 0 Å². The van der Waals surface area contributed by atoms with Gasteiger partial charge >= 0.3 is 6.09 Å². The summed E-state index contributed by atoms with van der Waals surface area (Å²) in [4.78, 5) is 22.9. The minimum atomic E-state index is -2.63. The minimum Gasteiger partial charge on any atom is -0.444 e. The summed E-state index contributed by atoms with van der Waals surface area (Å²) < 4.78 is 47.6. The van der Waals surface area contributed by atoms with E-state index in [-0.39, 0.29) is 36.7 Å². The Balaban J connectivity index is 1.56. The van der Waals surface area contributed by atoms with Gasteiger partial charge in [-0.15, -0.1) is 0 Å². The average Bonchev–Trinajstić information content (AvgIpc) is 3.38. The first kappa shape index (κ1) is 27.9. The van der Waals surface area contributed by atoms with Gasteiger partial charge in [-0.25, -0.2) is 23.5 Å². The highest BCUT2D eigenvalue weighted by Gasteiger charge is 2.39. The van der Waals surface area contributed by atoms with Gasteiger partial charge in [0.25, 0.3) is 0 Å². The second kappa shape index (κ2) is 10.7. The van der Waals surface area contributed by atoms with Gasteiger partial charge in [-0.2, -0.15) is 4.39 Å². The van der Waals surface area contributed by atoms with Gasteiger partial charge in [0.2, 0.25) is 11.9 Å². The molecule has 0 bridgehead atoms.